The fraction of sp³-hybridized carbons (Fsp3) is 0.680. The van der Waals surface area contributed by atoms with Gasteiger partial charge in [0.2, 0.25) is 0 Å². The minimum Gasteiger partial charge on any atom is -0.426 e. The average Bonchev–Trinajstić information content (AvgIpc) is 2.66. The van der Waals surface area contributed by atoms with Crippen LogP contribution < -0.4 is 9.47 Å². The summed E-state index contributed by atoms with van der Waals surface area (Å²) in [5.74, 6) is 0.442. The molecular weight excluding hydrogens is 364 g/mol. The van der Waals surface area contributed by atoms with E-state index in [1.807, 2.05) is 6.92 Å². The number of carbonyl (C=O) groups excluding carboxylic acids is 2. The molecule has 4 nitrogen and oxygen atoms in total. The molecule has 0 bridgehead atoms. The number of ether oxygens (including phenoxy) is 2. The van der Waals surface area contributed by atoms with Crippen LogP contribution in [0, 0.1) is 6.92 Å². The van der Waals surface area contributed by atoms with Crippen LogP contribution in [0.5, 0.6) is 11.5 Å². The molecule has 1 rings (SSSR count). The first-order valence-electron chi connectivity index (χ1n) is 11.6. The number of carbonyl (C=O) groups is 2. The molecule has 0 spiro atoms. The van der Waals surface area contributed by atoms with E-state index in [-0.39, 0.29) is 11.9 Å². The molecule has 0 aliphatic rings. The number of rotatable bonds is 16. The van der Waals surface area contributed by atoms with Crippen molar-refractivity contribution >= 4 is 11.9 Å². The molecule has 0 aliphatic heterocycles. The highest BCUT2D eigenvalue weighted by Gasteiger charge is 2.10. The smallest absolute Gasteiger partial charge is 0.311 e. The van der Waals surface area contributed by atoms with Gasteiger partial charge in [-0.2, -0.15) is 0 Å². The molecule has 0 fully saturated rings. The van der Waals surface area contributed by atoms with E-state index in [9.17, 15) is 9.59 Å². The van der Waals surface area contributed by atoms with Crippen molar-refractivity contribution in [3.63, 3.8) is 0 Å². The highest BCUT2D eigenvalue weighted by atomic mass is 16.5. The second kappa shape index (κ2) is 16.0. The van der Waals surface area contributed by atoms with E-state index in [2.05, 4.69) is 13.8 Å². The van der Waals surface area contributed by atoms with Crippen LogP contribution in [0.4, 0.5) is 0 Å². The van der Waals surface area contributed by atoms with Crippen LogP contribution in [0.1, 0.15) is 109 Å². The van der Waals surface area contributed by atoms with Gasteiger partial charge >= 0.3 is 11.9 Å². The topological polar surface area (TPSA) is 52.6 Å². The maximum absolute atomic E-state index is 12.1. The van der Waals surface area contributed by atoms with Crippen molar-refractivity contribution in [1.29, 1.82) is 0 Å². The lowest BCUT2D eigenvalue weighted by atomic mass is 10.1. The van der Waals surface area contributed by atoms with Gasteiger partial charge in [-0.05, 0) is 37.5 Å². The Labute approximate surface area is 177 Å². The van der Waals surface area contributed by atoms with Gasteiger partial charge < -0.3 is 9.47 Å². The summed E-state index contributed by atoms with van der Waals surface area (Å²) in [5, 5.41) is 0. The monoisotopic (exact) mass is 404 g/mol. The fourth-order valence-corrected chi connectivity index (χ4v) is 3.30. The molecule has 0 amide bonds. The molecule has 0 unspecified atom stereocenters. The normalized spacial score (nSPS) is 10.7. The summed E-state index contributed by atoms with van der Waals surface area (Å²) < 4.78 is 10.9. The predicted octanol–water partition coefficient (Wildman–Crippen LogP) is 7.31. The van der Waals surface area contributed by atoms with Gasteiger partial charge in [0.15, 0.2) is 0 Å². The summed E-state index contributed by atoms with van der Waals surface area (Å²) in [6.45, 7) is 6.29. The maximum atomic E-state index is 12.1. The number of hydrogen-bond donors (Lipinski definition) is 0. The molecule has 0 atom stereocenters. The van der Waals surface area contributed by atoms with E-state index in [4.69, 9.17) is 9.47 Å². The Kier molecular flexibility index (Phi) is 13.9. The second-order valence-corrected chi connectivity index (χ2v) is 7.97. The van der Waals surface area contributed by atoms with Gasteiger partial charge in [0, 0.05) is 18.9 Å². The van der Waals surface area contributed by atoms with Gasteiger partial charge in [0.1, 0.15) is 11.5 Å². The van der Waals surface area contributed by atoms with Crippen molar-refractivity contribution in [1.82, 2.24) is 0 Å². The summed E-state index contributed by atoms with van der Waals surface area (Å²) in [4.78, 5) is 24.1. The van der Waals surface area contributed by atoms with Crippen LogP contribution in [-0.4, -0.2) is 11.9 Å². The zero-order valence-electron chi connectivity index (χ0n) is 18.8. The van der Waals surface area contributed by atoms with Gasteiger partial charge in [0.05, 0.1) is 0 Å². The zero-order valence-corrected chi connectivity index (χ0v) is 18.8. The Morgan fingerprint density at radius 1 is 0.621 bits per heavy atom. The zero-order chi connectivity index (χ0) is 21.3. The number of unbranched alkanes of at least 4 members (excludes halogenated alkanes) is 10. The lowest BCUT2D eigenvalue weighted by Crippen LogP contribution is -2.10. The number of benzene rings is 1. The first-order valence-corrected chi connectivity index (χ1v) is 11.6. The standard InChI is InChI=1S/C25H40O4/c1-4-6-8-10-12-14-16-24(26)28-22-18-21(3)19-23(20-22)29-25(27)17-15-13-11-9-7-5-2/h18-20H,4-17H2,1-3H3. The Morgan fingerprint density at radius 3 is 1.41 bits per heavy atom. The SMILES string of the molecule is CCCCCCCCC(=O)Oc1cc(C)cc(OC(=O)CCCCCCCC)c1. The third kappa shape index (κ3) is 13.1. The summed E-state index contributed by atoms with van der Waals surface area (Å²) in [5.41, 5.74) is 0.900. The summed E-state index contributed by atoms with van der Waals surface area (Å²) in [7, 11) is 0. The highest BCUT2D eigenvalue weighted by Crippen LogP contribution is 2.24. The summed E-state index contributed by atoms with van der Waals surface area (Å²) in [6, 6.07) is 5.22. The van der Waals surface area contributed by atoms with Crippen LogP contribution in [0.15, 0.2) is 18.2 Å². The van der Waals surface area contributed by atoms with Crippen molar-refractivity contribution in [2.24, 2.45) is 0 Å². The second-order valence-electron chi connectivity index (χ2n) is 7.97. The molecule has 0 N–H and O–H groups in total. The molecule has 0 heterocycles. The number of esters is 2. The van der Waals surface area contributed by atoms with Gasteiger partial charge in [-0.1, -0.05) is 78.1 Å². The number of aryl methyl sites for hydroxylation is 1. The molecule has 29 heavy (non-hydrogen) atoms. The predicted molar refractivity (Wildman–Crippen MR) is 118 cm³/mol. The first-order chi connectivity index (χ1) is 14.0. The largest absolute Gasteiger partial charge is 0.426 e. The van der Waals surface area contributed by atoms with Crippen molar-refractivity contribution < 1.29 is 19.1 Å². The van der Waals surface area contributed by atoms with Crippen LogP contribution >= 0.6 is 0 Å². The Morgan fingerprint density at radius 2 is 1.00 bits per heavy atom. The van der Waals surface area contributed by atoms with E-state index in [0.29, 0.717) is 24.3 Å². The van der Waals surface area contributed by atoms with E-state index in [1.54, 1.807) is 18.2 Å². The Bertz CT molecular complexity index is 546. The first kappa shape index (κ1) is 25.2. The van der Waals surface area contributed by atoms with Crippen molar-refractivity contribution in [3.8, 4) is 11.5 Å². The van der Waals surface area contributed by atoms with E-state index in [1.165, 1.54) is 51.4 Å². The molecule has 1 aromatic carbocycles. The minimum atomic E-state index is -0.226. The molecule has 0 aliphatic carbocycles. The lowest BCUT2D eigenvalue weighted by molar-refractivity contribution is -0.135. The van der Waals surface area contributed by atoms with Gasteiger partial charge in [-0.3, -0.25) is 9.59 Å². The quantitative estimate of drug-likeness (QED) is 0.165. The van der Waals surface area contributed by atoms with Crippen LogP contribution in [0.3, 0.4) is 0 Å². The molecule has 0 aromatic heterocycles. The van der Waals surface area contributed by atoms with Gasteiger partial charge in [0.25, 0.3) is 0 Å². The van der Waals surface area contributed by atoms with E-state index in [0.717, 1.165) is 31.2 Å². The van der Waals surface area contributed by atoms with Crippen LogP contribution in [0.2, 0.25) is 0 Å². The lowest BCUT2D eigenvalue weighted by Gasteiger charge is -2.09. The molecule has 0 saturated heterocycles. The fourth-order valence-electron chi connectivity index (χ4n) is 3.30. The van der Waals surface area contributed by atoms with Gasteiger partial charge in [-0.15, -0.1) is 0 Å². The van der Waals surface area contributed by atoms with E-state index < -0.39 is 0 Å². The van der Waals surface area contributed by atoms with Crippen molar-refractivity contribution in [2.75, 3.05) is 0 Å². The van der Waals surface area contributed by atoms with Gasteiger partial charge in [-0.25, -0.2) is 0 Å². The molecule has 1 aromatic rings. The highest BCUT2D eigenvalue weighted by molar-refractivity contribution is 5.74. The van der Waals surface area contributed by atoms with Crippen LogP contribution in [0.25, 0.3) is 0 Å². The summed E-state index contributed by atoms with van der Waals surface area (Å²) in [6.07, 6.45) is 14.4. The molecule has 164 valence electrons. The minimum absolute atomic E-state index is 0.226. The Balaban J connectivity index is 2.35. The molecular formula is C25H40O4. The third-order valence-electron chi connectivity index (χ3n) is 4.96. The van der Waals surface area contributed by atoms with Crippen LogP contribution in [-0.2, 0) is 9.59 Å². The van der Waals surface area contributed by atoms with Crippen molar-refractivity contribution in [3.05, 3.63) is 23.8 Å². The summed E-state index contributed by atoms with van der Waals surface area (Å²) >= 11 is 0. The average molecular weight is 405 g/mol. The van der Waals surface area contributed by atoms with E-state index >= 15 is 0 Å². The molecule has 4 heteroatoms. The molecule has 0 saturated carbocycles. The Hall–Kier alpha value is -1.84. The van der Waals surface area contributed by atoms with Crippen molar-refractivity contribution in [2.45, 2.75) is 111 Å². The maximum Gasteiger partial charge on any atom is 0.311 e. The third-order valence-corrected chi connectivity index (χ3v) is 4.96. The number of hydrogen-bond acceptors (Lipinski definition) is 4. The molecule has 0 radical (unpaired) electrons.